The maximum atomic E-state index is 8.98. The lowest BCUT2D eigenvalue weighted by Gasteiger charge is -2.53. The topological polar surface area (TPSA) is 36.3 Å². The van der Waals surface area contributed by atoms with E-state index in [1.165, 1.54) is 24.1 Å². The van der Waals surface area contributed by atoms with Crippen LogP contribution in [0.2, 0.25) is 0 Å². The largest absolute Gasteiger partial charge is 0.381 e. The van der Waals surface area contributed by atoms with Crippen LogP contribution in [-0.2, 0) is 4.74 Å². The van der Waals surface area contributed by atoms with Crippen LogP contribution in [-0.4, -0.2) is 26.3 Å². The molecular weight excluding hydrogens is 224 g/mol. The highest BCUT2D eigenvalue weighted by molar-refractivity contribution is 5.59. The first-order valence-electron chi connectivity index (χ1n) is 6.56. The van der Waals surface area contributed by atoms with Crippen LogP contribution < -0.4 is 4.90 Å². The molecule has 0 amide bonds. The SMILES string of the molecule is Cc1ccc(C#N)cc1N1CC2(CCOCC2)C1. The number of nitriles is 1. The summed E-state index contributed by atoms with van der Waals surface area (Å²) in [6, 6.07) is 8.17. The lowest BCUT2D eigenvalue weighted by Crippen LogP contribution is -2.58. The van der Waals surface area contributed by atoms with Gasteiger partial charge in [-0.05, 0) is 37.5 Å². The van der Waals surface area contributed by atoms with E-state index < -0.39 is 0 Å². The smallest absolute Gasteiger partial charge is 0.0992 e. The second kappa shape index (κ2) is 4.29. The van der Waals surface area contributed by atoms with Gasteiger partial charge in [0.1, 0.15) is 0 Å². The summed E-state index contributed by atoms with van der Waals surface area (Å²) in [7, 11) is 0. The third-order valence-corrected chi connectivity index (χ3v) is 4.28. The Morgan fingerprint density at radius 2 is 2.00 bits per heavy atom. The molecular formula is C15H18N2O. The first kappa shape index (κ1) is 11.6. The first-order valence-corrected chi connectivity index (χ1v) is 6.56. The van der Waals surface area contributed by atoms with Crippen LogP contribution in [0.25, 0.3) is 0 Å². The third-order valence-electron chi connectivity index (χ3n) is 4.28. The summed E-state index contributed by atoms with van der Waals surface area (Å²) in [5, 5.41) is 8.98. The van der Waals surface area contributed by atoms with Gasteiger partial charge < -0.3 is 9.64 Å². The predicted molar refractivity (Wildman–Crippen MR) is 70.6 cm³/mol. The summed E-state index contributed by atoms with van der Waals surface area (Å²) in [6.45, 7) is 6.17. The molecule has 2 heterocycles. The predicted octanol–water partition coefficient (Wildman–Crippen LogP) is 2.48. The van der Waals surface area contributed by atoms with Gasteiger partial charge in [0.25, 0.3) is 0 Å². The van der Waals surface area contributed by atoms with Gasteiger partial charge in [-0.25, -0.2) is 0 Å². The Bertz CT molecular complexity index is 490. The number of hydrogen-bond acceptors (Lipinski definition) is 3. The molecule has 0 atom stereocenters. The van der Waals surface area contributed by atoms with E-state index in [4.69, 9.17) is 10.00 Å². The van der Waals surface area contributed by atoms with Crippen molar-refractivity contribution in [3.63, 3.8) is 0 Å². The average Bonchev–Trinajstić information content (AvgIpc) is 2.38. The Balaban J connectivity index is 1.76. The summed E-state index contributed by atoms with van der Waals surface area (Å²) < 4.78 is 5.44. The molecule has 3 nitrogen and oxygen atoms in total. The highest BCUT2D eigenvalue weighted by atomic mass is 16.5. The molecule has 0 N–H and O–H groups in total. The molecule has 0 bridgehead atoms. The maximum Gasteiger partial charge on any atom is 0.0992 e. The Labute approximate surface area is 108 Å². The molecule has 3 rings (SSSR count). The van der Waals surface area contributed by atoms with Gasteiger partial charge in [-0.1, -0.05) is 6.07 Å². The van der Waals surface area contributed by atoms with Crippen molar-refractivity contribution in [2.45, 2.75) is 19.8 Å². The van der Waals surface area contributed by atoms with Gasteiger partial charge in [-0.2, -0.15) is 5.26 Å². The summed E-state index contributed by atoms with van der Waals surface area (Å²) in [5.74, 6) is 0. The van der Waals surface area contributed by atoms with Crippen LogP contribution in [0.4, 0.5) is 5.69 Å². The van der Waals surface area contributed by atoms with Crippen molar-refractivity contribution >= 4 is 5.69 Å². The number of nitrogens with zero attached hydrogens (tertiary/aromatic N) is 2. The van der Waals surface area contributed by atoms with Crippen molar-refractivity contribution in [3.05, 3.63) is 29.3 Å². The maximum absolute atomic E-state index is 8.98. The highest BCUT2D eigenvalue weighted by Gasteiger charge is 2.44. The van der Waals surface area contributed by atoms with E-state index in [-0.39, 0.29) is 0 Å². The minimum atomic E-state index is 0.480. The molecule has 3 heteroatoms. The van der Waals surface area contributed by atoms with Gasteiger partial charge in [-0.3, -0.25) is 0 Å². The van der Waals surface area contributed by atoms with Gasteiger partial charge in [0.05, 0.1) is 11.6 Å². The lowest BCUT2D eigenvalue weighted by molar-refractivity contribution is -0.000225. The molecule has 0 radical (unpaired) electrons. The normalized spacial score (nSPS) is 21.4. The lowest BCUT2D eigenvalue weighted by atomic mass is 9.73. The molecule has 2 aliphatic heterocycles. The van der Waals surface area contributed by atoms with E-state index in [2.05, 4.69) is 17.9 Å². The molecule has 0 aliphatic carbocycles. The Kier molecular flexibility index (Phi) is 2.76. The van der Waals surface area contributed by atoms with Gasteiger partial charge in [0, 0.05) is 37.4 Å². The molecule has 1 aromatic rings. The van der Waals surface area contributed by atoms with E-state index in [1.807, 2.05) is 18.2 Å². The average molecular weight is 242 g/mol. The van der Waals surface area contributed by atoms with Gasteiger partial charge in [-0.15, -0.1) is 0 Å². The second-order valence-electron chi connectivity index (χ2n) is 5.58. The first-order chi connectivity index (χ1) is 8.72. The molecule has 0 saturated carbocycles. The van der Waals surface area contributed by atoms with Crippen molar-refractivity contribution in [2.24, 2.45) is 5.41 Å². The van der Waals surface area contributed by atoms with E-state index in [0.29, 0.717) is 5.41 Å². The van der Waals surface area contributed by atoms with Crippen LogP contribution in [0, 0.1) is 23.7 Å². The molecule has 2 aliphatic rings. The number of rotatable bonds is 1. The standard InChI is InChI=1S/C15H18N2O/c1-12-2-3-13(9-16)8-14(12)17-10-15(11-17)4-6-18-7-5-15/h2-3,8H,4-7,10-11H2,1H3. The fourth-order valence-corrected chi connectivity index (χ4v) is 3.07. The van der Waals surface area contributed by atoms with Crippen molar-refractivity contribution in [1.29, 1.82) is 5.26 Å². The number of benzene rings is 1. The Hall–Kier alpha value is -1.53. The van der Waals surface area contributed by atoms with Gasteiger partial charge >= 0.3 is 0 Å². The van der Waals surface area contributed by atoms with Crippen LogP contribution in [0.15, 0.2) is 18.2 Å². The van der Waals surface area contributed by atoms with Crippen LogP contribution >= 0.6 is 0 Å². The molecule has 2 saturated heterocycles. The summed E-state index contributed by atoms with van der Waals surface area (Å²) >= 11 is 0. The Morgan fingerprint density at radius 1 is 1.28 bits per heavy atom. The van der Waals surface area contributed by atoms with Crippen molar-refractivity contribution < 1.29 is 4.74 Å². The molecule has 1 spiro atoms. The number of aryl methyl sites for hydroxylation is 1. The zero-order valence-electron chi connectivity index (χ0n) is 10.8. The monoisotopic (exact) mass is 242 g/mol. The minimum Gasteiger partial charge on any atom is -0.381 e. The molecule has 94 valence electrons. The van der Waals surface area contributed by atoms with Crippen molar-refractivity contribution in [1.82, 2.24) is 0 Å². The van der Waals surface area contributed by atoms with Crippen molar-refractivity contribution in [2.75, 3.05) is 31.2 Å². The van der Waals surface area contributed by atoms with Gasteiger partial charge in [0.2, 0.25) is 0 Å². The number of hydrogen-bond donors (Lipinski definition) is 0. The van der Waals surface area contributed by atoms with Gasteiger partial charge in [0.15, 0.2) is 0 Å². The van der Waals surface area contributed by atoms with E-state index in [9.17, 15) is 0 Å². The van der Waals surface area contributed by atoms with Crippen LogP contribution in [0.1, 0.15) is 24.0 Å². The zero-order valence-corrected chi connectivity index (χ0v) is 10.8. The van der Waals surface area contributed by atoms with Crippen LogP contribution in [0.3, 0.4) is 0 Å². The molecule has 2 fully saturated rings. The third kappa shape index (κ3) is 1.87. The summed E-state index contributed by atoms with van der Waals surface area (Å²) in [5.41, 5.74) is 3.72. The van der Waals surface area contributed by atoms with Crippen molar-refractivity contribution in [3.8, 4) is 6.07 Å². The summed E-state index contributed by atoms with van der Waals surface area (Å²) in [4.78, 5) is 2.40. The zero-order chi connectivity index (χ0) is 12.6. The highest BCUT2D eigenvalue weighted by Crippen LogP contribution is 2.42. The molecule has 1 aromatic carbocycles. The fraction of sp³-hybridized carbons (Fsp3) is 0.533. The molecule has 0 aromatic heterocycles. The second-order valence-corrected chi connectivity index (χ2v) is 5.58. The van der Waals surface area contributed by atoms with E-state index in [0.717, 1.165) is 31.9 Å². The Morgan fingerprint density at radius 3 is 2.67 bits per heavy atom. The number of anilines is 1. The quantitative estimate of drug-likeness (QED) is 0.759. The molecule has 0 unspecified atom stereocenters. The summed E-state index contributed by atoms with van der Waals surface area (Å²) in [6.07, 6.45) is 2.36. The van der Waals surface area contributed by atoms with E-state index >= 15 is 0 Å². The molecule has 18 heavy (non-hydrogen) atoms. The van der Waals surface area contributed by atoms with E-state index in [1.54, 1.807) is 0 Å². The number of ether oxygens (including phenoxy) is 1. The minimum absolute atomic E-state index is 0.480. The van der Waals surface area contributed by atoms with Crippen LogP contribution in [0.5, 0.6) is 0 Å². The fourth-order valence-electron chi connectivity index (χ4n) is 3.07.